The molecule has 1 saturated heterocycles. The number of halogens is 3. The van der Waals surface area contributed by atoms with Gasteiger partial charge in [-0.3, -0.25) is 4.79 Å². The molecule has 174 valence electrons. The van der Waals surface area contributed by atoms with E-state index in [1.807, 2.05) is 0 Å². The quantitative estimate of drug-likeness (QED) is 0.586. The molecule has 1 aromatic heterocycles. The zero-order valence-corrected chi connectivity index (χ0v) is 19.3. The van der Waals surface area contributed by atoms with Crippen molar-refractivity contribution < 1.29 is 22.7 Å². The van der Waals surface area contributed by atoms with E-state index in [-0.39, 0.29) is 17.6 Å². The molecule has 0 radical (unpaired) electrons. The minimum Gasteiger partial charge on any atom is -0.481 e. The van der Waals surface area contributed by atoms with E-state index in [0.29, 0.717) is 19.0 Å². The van der Waals surface area contributed by atoms with Crippen molar-refractivity contribution in [3.8, 4) is 5.06 Å². The molecule has 1 fully saturated rings. The van der Waals surface area contributed by atoms with Gasteiger partial charge in [-0.25, -0.2) is 0 Å². The topological polar surface area (TPSA) is 32.8 Å². The average Bonchev–Trinajstić information content (AvgIpc) is 3.15. The fourth-order valence-electron chi connectivity index (χ4n) is 4.40. The molecule has 1 aromatic carbocycles. The standard InChI is InChI=1S/C24H29F3N2O2S/c1-16(2)14-28-10-8-20(9-11-28)31-22-13-18-7-12-29(15-21(18)32-22)23(30)17-3-5-19(6-4-17)24(25,26)27/h3-6,13,16,20H,7-12,14-15H2,1-2H3. The molecule has 8 heteroatoms. The fraction of sp³-hybridized carbons (Fsp3) is 0.542. The van der Waals surface area contributed by atoms with E-state index in [1.165, 1.54) is 17.7 Å². The Morgan fingerprint density at radius 2 is 1.84 bits per heavy atom. The molecule has 4 nitrogen and oxygen atoms in total. The molecule has 0 spiro atoms. The maximum absolute atomic E-state index is 12.8. The number of ether oxygens (including phenoxy) is 1. The maximum atomic E-state index is 12.8. The SMILES string of the molecule is CC(C)CN1CCC(Oc2cc3c(s2)CN(C(=O)c2ccc(C(F)(F)F)cc2)CC3)CC1. The summed E-state index contributed by atoms with van der Waals surface area (Å²) in [6.07, 6.45) is -1.40. The fourth-order valence-corrected chi connectivity index (χ4v) is 5.54. The van der Waals surface area contributed by atoms with Crippen molar-refractivity contribution in [1.82, 2.24) is 9.80 Å². The van der Waals surface area contributed by atoms with E-state index >= 15 is 0 Å². The molecule has 0 saturated carbocycles. The van der Waals surface area contributed by atoms with Crippen LogP contribution in [0.3, 0.4) is 0 Å². The Bertz CT molecular complexity index is 932. The lowest BCUT2D eigenvalue weighted by Crippen LogP contribution is -2.39. The van der Waals surface area contributed by atoms with Crippen LogP contribution in [0.4, 0.5) is 13.2 Å². The van der Waals surface area contributed by atoms with E-state index < -0.39 is 11.7 Å². The summed E-state index contributed by atoms with van der Waals surface area (Å²) in [6, 6.07) is 6.54. The normalized spacial score (nSPS) is 18.1. The van der Waals surface area contributed by atoms with Gasteiger partial charge in [-0.2, -0.15) is 13.2 Å². The van der Waals surface area contributed by atoms with Crippen molar-refractivity contribution in [2.45, 2.75) is 51.9 Å². The number of hydrogen-bond acceptors (Lipinski definition) is 4. The molecule has 0 unspecified atom stereocenters. The van der Waals surface area contributed by atoms with Crippen molar-refractivity contribution in [1.29, 1.82) is 0 Å². The third-order valence-electron chi connectivity index (χ3n) is 6.05. The number of carbonyl (C=O) groups is 1. The van der Waals surface area contributed by atoms with Crippen LogP contribution in [0.1, 0.15) is 53.1 Å². The van der Waals surface area contributed by atoms with Gasteiger partial charge < -0.3 is 14.5 Å². The number of carbonyl (C=O) groups excluding carboxylic acids is 1. The summed E-state index contributed by atoms with van der Waals surface area (Å²) >= 11 is 1.58. The van der Waals surface area contributed by atoms with Crippen molar-refractivity contribution >= 4 is 17.2 Å². The molecule has 2 aromatic rings. The number of thiophene rings is 1. The molecule has 0 aliphatic carbocycles. The van der Waals surface area contributed by atoms with Crippen LogP contribution in [0.2, 0.25) is 0 Å². The molecule has 0 N–H and O–H groups in total. The number of rotatable bonds is 5. The third kappa shape index (κ3) is 5.46. The van der Waals surface area contributed by atoms with Gasteiger partial charge in [0.05, 0.1) is 12.1 Å². The summed E-state index contributed by atoms with van der Waals surface area (Å²) in [5, 5.41) is 0.904. The average molecular weight is 467 g/mol. The molecule has 3 heterocycles. The summed E-state index contributed by atoms with van der Waals surface area (Å²) in [5.74, 6) is 0.433. The van der Waals surface area contributed by atoms with Gasteiger partial charge in [-0.1, -0.05) is 13.8 Å². The first-order valence-corrected chi connectivity index (χ1v) is 12.0. The predicted molar refractivity (Wildman–Crippen MR) is 119 cm³/mol. The van der Waals surface area contributed by atoms with Crippen molar-refractivity contribution in [2.75, 3.05) is 26.2 Å². The van der Waals surface area contributed by atoms with Gasteiger partial charge in [0.2, 0.25) is 0 Å². The van der Waals surface area contributed by atoms with Gasteiger partial charge in [0, 0.05) is 36.6 Å². The second kappa shape index (κ2) is 9.43. The highest BCUT2D eigenvalue weighted by Crippen LogP contribution is 2.35. The molecule has 0 bridgehead atoms. The zero-order chi connectivity index (χ0) is 22.9. The summed E-state index contributed by atoms with van der Waals surface area (Å²) in [6.45, 7) is 8.75. The Hall–Kier alpha value is -2.06. The van der Waals surface area contributed by atoms with Gasteiger partial charge in [0.25, 0.3) is 5.91 Å². The van der Waals surface area contributed by atoms with Gasteiger partial charge in [-0.15, -0.1) is 11.3 Å². The lowest BCUT2D eigenvalue weighted by atomic mass is 10.1. The highest BCUT2D eigenvalue weighted by atomic mass is 32.1. The first kappa shape index (κ1) is 23.1. The van der Waals surface area contributed by atoms with Crippen LogP contribution in [0.15, 0.2) is 30.3 Å². The first-order chi connectivity index (χ1) is 15.2. The van der Waals surface area contributed by atoms with Crippen molar-refractivity contribution in [3.05, 3.63) is 51.9 Å². The lowest BCUT2D eigenvalue weighted by Gasteiger charge is -2.32. The Kier molecular flexibility index (Phi) is 6.81. The van der Waals surface area contributed by atoms with Crippen LogP contribution in [0.25, 0.3) is 0 Å². The highest BCUT2D eigenvalue weighted by molar-refractivity contribution is 7.14. The summed E-state index contributed by atoms with van der Waals surface area (Å²) < 4.78 is 44.6. The highest BCUT2D eigenvalue weighted by Gasteiger charge is 2.31. The smallest absolute Gasteiger partial charge is 0.416 e. The zero-order valence-electron chi connectivity index (χ0n) is 18.5. The van der Waals surface area contributed by atoms with Gasteiger partial charge in [0.15, 0.2) is 5.06 Å². The summed E-state index contributed by atoms with van der Waals surface area (Å²) in [7, 11) is 0. The van der Waals surface area contributed by atoms with E-state index in [1.54, 1.807) is 16.2 Å². The second-order valence-corrected chi connectivity index (χ2v) is 10.2. The van der Waals surface area contributed by atoms with E-state index in [2.05, 4.69) is 24.8 Å². The van der Waals surface area contributed by atoms with Crippen LogP contribution >= 0.6 is 11.3 Å². The number of fused-ring (bicyclic) bond motifs is 1. The van der Waals surface area contributed by atoms with Gasteiger partial charge in [-0.05, 0) is 61.1 Å². The number of alkyl halides is 3. The van der Waals surface area contributed by atoms with Gasteiger partial charge >= 0.3 is 6.18 Å². The Balaban J connectivity index is 1.34. The molecule has 2 aliphatic rings. The monoisotopic (exact) mass is 466 g/mol. The minimum absolute atomic E-state index is 0.225. The van der Waals surface area contributed by atoms with Crippen LogP contribution in [-0.4, -0.2) is 48.0 Å². The largest absolute Gasteiger partial charge is 0.481 e. The number of likely N-dealkylation sites (tertiary alicyclic amines) is 1. The molecular weight excluding hydrogens is 437 g/mol. The predicted octanol–water partition coefficient (Wildman–Crippen LogP) is 5.46. The molecule has 2 aliphatic heterocycles. The lowest BCUT2D eigenvalue weighted by molar-refractivity contribution is -0.137. The third-order valence-corrected chi connectivity index (χ3v) is 7.10. The van der Waals surface area contributed by atoms with E-state index in [9.17, 15) is 18.0 Å². The molecule has 0 atom stereocenters. The number of benzene rings is 1. The van der Waals surface area contributed by atoms with Gasteiger partial charge in [0.1, 0.15) is 6.10 Å². The summed E-state index contributed by atoms with van der Waals surface area (Å²) in [4.78, 5) is 18.1. The van der Waals surface area contributed by atoms with E-state index in [4.69, 9.17) is 4.74 Å². The number of nitrogens with zero attached hydrogens (tertiary/aromatic N) is 2. The summed E-state index contributed by atoms with van der Waals surface area (Å²) in [5.41, 5.74) is 0.742. The number of piperidine rings is 1. The molecule has 4 rings (SSSR count). The van der Waals surface area contributed by atoms with Crippen LogP contribution in [0, 0.1) is 5.92 Å². The molecule has 1 amide bonds. The molecule has 32 heavy (non-hydrogen) atoms. The Morgan fingerprint density at radius 1 is 1.16 bits per heavy atom. The maximum Gasteiger partial charge on any atom is 0.416 e. The van der Waals surface area contributed by atoms with Crippen LogP contribution in [0.5, 0.6) is 5.06 Å². The van der Waals surface area contributed by atoms with Crippen molar-refractivity contribution in [2.24, 2.45) is 5.92 Å². The van der Waals surface area contributed by atoms with E-state index in [0.717, 1.165) is 61.0 Å². The van der Waals surface area contributed by atoms with Crippen molar-refractivity contribution in [3.63, 3.8) is 0 Å². The molecular formula is C24H29F3N2O2S. The first-order valence-electron chi connectivity index (χ1n) is 11.2. The second-order valence-electron chi connectivity index (χ2n) is 9.08. The minimum atomic E-state index is -4.40. The number of hydrogen-bond donors (Lipinski definition) is 0. The Morgan fingerprint density at radius 3 is 2.47 bits per heavy atom. The Labute approximate surface area is 191 Å². The number of amides is 1. The van der Waals surface area contributed by atoms with Crippen LogP contribution in [-0.2, 0) is 19.1 Å². The van der Waals surface area contributed by atoms with Crippen LogP contribution < -0.4 is 4.74 Å².